The summed E-state index contributed by atoms with van der Waals surface area (Å²) in [7, 11) is 1.68. The maximum Gasteiger partial charge on any atom is 0.220 e. The molecule has 0 radical (unpaired) electrons. The van der Waals surface area contributed by atoms with Crippen molar-refractivity contribution in [3.8, 4) is 5.75 Å². The van der Waals surface area contributed by atoms with Crippen LogP contribution in [0.2, 0.25) is 0 Å². The lowest BCUT2D eigenvalue weighted by Crippen LogP contribution is -2.37. The molecule has 1 fully saturated rings. The van der Waals surface area contributed by atoms with Gasteiger partial charge in [0.25, 0.3) is 0 Å². The van der Waals surface area contributed by atoms with E-state index in [1.165, 1.54) is 0 Å². The molecule has 1 aromatic carbocycles. The largest absolute Gasteiger partial charge is 0.495 e. The third-order valence-corrected chi connectivity index (χ3v) is 3.59. The molecule has 2 rings (SSSR count). The molecule has 3 N–H and O–H groups in total. The van der Waals surface area contributed by atoms with E-state index >= 15 is 0 Å². The Labute approximate surface area is 144 Å². The van der Waals surface area contributed by atoms with Crippen molar-refractivity contribution < 1.29 is 9.53 Å². The third kappa shape index (κ3) is 5.55. The minimum atomic E-state index is 0. The van der Waals surface area contributed by atoms with Crippen molar-refractivity contribution in [2.45, 2.75) is 25.3 Å². The number of methoxy groups -OCH3 is 1. The first-order valence-electron chi connectivity index (χ1n) is 7.12. The number of hydrogen-bond donors (Lipinski definition) is 2. The van der Waals surface area contributed by atoms with E-state index in [-0.39, 0.29) is 36.8 Å². The van der Waals surface area contributed by atoms with Gasteiger partial charge in [0.1, 0.15) is 5.75 Å². The number of halogens is 2. The van der Waals surface area contributed by atoms with Gasteiger partial charge in [0.2, 0.25) is 5.91 Å². The zero-order valence-corrected chi connectivity index (χ0v) is 14.4. The molecule has 5 nitrogen and oxygen atoms in total. The number of nitrogens with one attached hydrogen (secondary N) is 1. The highest BCUT2D eigenvalue weighted by Crippen LogP contribution is 2.30. The number of carbonyl (C=O) groups excluding carboxylic acids is 1. The van der Waals surface area contributed by atoms with Gasteiger partial charge in [-0.15, -0.1) is 24.8 Å². The van der Waals surface area contributed by atoms with Crippen molar-refractivity contribution in [3.63, 3.8) is 0 Å². The summed E-state index contributed by atoms with van der Waals surface area (Å²) < 4.78 is 5.38. The minimum absolute atomic E-state index is 0. The summed E-state index contributed by atoms with van der Waals surface area (Å²) in [4.78, 5) is 14.0. The molecule has 1 heterocycles. The summed E-state index contributed by atoms with van der Waals surface area (Å²) >= 11 is 0. The third-order valence-electron chi connectivity index (χ3n) is 3.59. The Morgan fingerprint density at radius 2 is 2.14 bits per heavy atom. The molecule has 0 saturated carbocycles. The summed E-state index contributed by atoms with van der Waals surface area (Å²) in [5.74, 6) is 0.977. The van der Waals surface area contributed by atoms with E-state index in [4.69, 9.17) is 10.5 Å². The molecule has 0 spiro atoms. The van der Waals surface area contributed by atoms with Crippen molar-refractivity contribution in [1.29, 1.82) is 0 Å². The first-order chi connectivity index (χ1) is 9.74. The number of hydrogen-bond acceptors (Lipinski definition) is 4. The molecule has 1 unspecified atom stereocenters. The van der Waals surface area contributed by atoms with Crippen LogP contribution in [0.4, 0.5) is 5.69 Å². The predicted octanol–water partition coefficient (Wildman–Crippen LogP) is 1.97. The molecule has 1 atom stereocenters. The van der Waals surface area contributed by atoms with E-state index in [0.717, 1.165) is 37.4 Å². The quantitative estimate of drug-likeness (QED) is 0.823. The van der Waals surface area contributed by atoms with Crippen LogP contribution in [0.5, 0.6) is 5.75 Å². The van der Waals surface area contributed by atoms with Crippen LogP contribution in [0.15, 0.2) is 24.3 Å². The van der Waals surface area contributed by atoms with Crippen LogP contribution in [0.3, 0.4) is 0 Å². The van der Waals surface area contributed by atoms with Gasteiger partial charge in [-0.3, -0.25) is 4.79 Å². The van der Waals surface area contributed by atoms with Crippen LogP contribution in [0.25, 0.3) is 0 Å². The molecule has 0 aromatic heterocycles. The van der Waals surface area contributed by atoms with Crippen molar-refractivity contribution >= 4 is 36.4 Å². The Balaban J connectivity index is 0.00000220. The van der Waals surface area contributed by atoms with Gasteiger partial charge in [-0.25, -0.2) is 0 Å². The van der Waals surface area contributed by atoms with E-state index in [1.54, 1.807) is 7.11 Å². The fraction of sp³-hybridized carbons (Fsp3) is 0.533. The second kappa shape index (κ2) is 10.5. The van der Waals surface area contributed by atoms with E-state index in [9.17, 15) is 4.79 Å². The number of para-hydroxylation sites is 2. The molecular weight excluding hydrogens is 325 g/mol. The topological polar surface area (TPSA) is 67.6 Å². The fourth-order valence-electron chi connectivity index (χ4n) is 2.55. The van der Waals surface area contributed by atoms with Crippen LogP contribution in [0.1, 0.15) is 19.3 Å². The summed E-state index contributed by atoms with van der Waals surface area (Å²) in [5, 5.41) is 3.07. The monoisotopic (exact) mass is 349 g/mol. The normalized spacial score (nSPS) is 16.5. The van der Waals surface area contributed by atoms with Gasteiger partial charge in [-0.1, -0.05) is 12.1 Å². The Morgan fingerprint density at radius 3 is 2.82 bits per heavy atom. The number of amides is 1. The maximum atomic E-state index is 11.7. The van der Waals surface area contributed by atoms with Crippen molar-refractivity contribution in [2.75, 3.05) is 31.6 Å². The molecule has 1 amide bonds. The smallest absolute Gasteiger partial charge is 0.220 e. The average molecular weight is 350 g/mol. The van der Waals surface area contributed by atoms with Crippen LogP contribution >= 0.6 is 24.8 Å². The van der Waals surface area contributed by atoms with Crippen LogP contribution in [-0.2, 0) is 4.79 Å². The zero-order chi connectivity index (χ0) is 14.4. The number of rotatable bonds is 6. The number of nitrogens with zero attached hydrogens (tertiary/aromatic N) is 1. The van der Waals surface area contributed by atoms with Crippen LogP contribution < -0.4 is 20.7 Å². The molecule has 0 aliphatic carbocycles. The van der Waals surface area contributed by atoms with E-state index < -0.39 is 0 Å². The van der Waals surface area contributed by atoms with Gasteiger partial charge in [0.15, 0.2) is 0 Å². The van der Waals surface area contributed by atoms with Gasteiger partial charge in [0.05, 0.1) is 12.8 Å². The van der Waals surface area contributed by atoms with Crippen molar-refractivity contribution in [1.82, 2.24) is 5.32 Å². The molecular formula is C15H25Cl2N3O2. The Morgan fingerprint density at radius 1 is 1.41 bits per heavy atom. The first kappa shape index (κ1) is 20.8. The van der Waals surface area contributed by atoms with Gasteiger partial charge < -0.3 is 20.7 Å². The molecule has 126 valence electrons. The standard InChI is InChI=1S/C15H23N3O2.2ClH/c1-20-14-6-3-2-5-13(14)18-10-8-12(11-18)17-15(19)7-4-9-16;;/h2-3,5-6,12H,4,7-11,16H2,1H3,(H,17,19);2*1H. The van der Waals surface area contributed by atoms with Crippen LogP contribution in [-0.4, -0.2) is 38.7 Å². The zero-order valence-electron chi connectivity index (χ0n) is 12.8. The van der Waals surface area contributed by atoms with Gasteiger partial charge in [-0.2, -0.15) is 0 Å². The number of ether oxygens (including phenoxy) is 1. The lowest BCUT2D eigenvalue weighted by molar-refractivity contribution is -0.121. The summed E-state index contributed by atoms with van der Waals surface area (Å²) in [6.45, 7) is 2.32. The second-order valence-corrected chi connectivity index (χ2v) is 5.06. The number of carbonyl (C=O) groups is 1. The fourth-order valence-corrected chi connectivity index (χ4v) is 2.55. The highest BCUT2D eigenvalue weighted by molar-refractivity contribution is 5.85. The summed E-state index contributed by atoms with van der Waals surface area (Å²) in [6.07, 6.45) is 2.23. The molecule has 0 bridgehead atoms. The molecule has 1 aromatic rings. The molecule has 22 heavy (non-hydrogen) atoms. The predicted molar refractivity (Wildman–Crippen MR) is 94.5 cm³/mol. The van der Waals surface area contributed by atoms with Gasteiger partial charge in [-0.05, 0) is 31.5 Å². The average Bonchev–Trinajstić information content (AvgIpc) is 2.93. The minimum Gasteiger partial charge on any atom is -0.495 e. The first-order valence-corrected chi connectivity index (χ1v) is 7.12. The lowest BCUT2D eigenvalue weighted by atomic mass is 10.2. The van der Waals surface area contributed by atoms with Crippen molar-refractivity contribution in [2.24, 2.45) is 5.73 Å². The lowest BCUT2D eigenvalue weighted by Gasteiger charge is -2.21. The highest BCUT2D eigenvalue weighted by Gasteiger charge is 2.25. The molecule has 1 aliphatic rings. The number of anilines is 1. The SMILES string of the molecule is COc1ccccc1N1CCC(NC(=O)CCCN)C1.Cl.Cl. The molecule has 7 heteroatoms. The number of nitrogens with two attached hydrogens (primary N) is 1. The van der Waals surface area contributed by atoms with Gasteiger partial charge >= 0.3 is 0 Å². The number of benzene rings is 1. The summed E-state index contributed by atoms with van der Waals surface area (Å²) in [6, 6.07) is 8.19. The molecule has 1 saturated heterocycles. The van der Waals surface area contributed by atoms with Crippen LogP contribution in [0, 0.1) is 0 Å². The van der Waals surface area contributed by atoms with E-state index in [1.807, 2.05) is 18.2 Å². The van der Waals surface area contributed by atoms with E-state index in [2.05, 4.69) is 16.3 Å². The Bertz CT molecular complexity index is 460. The Hall–Kier alpha value is -1.17. The summed E-state index contributed by atoms with van der Waals surface area (Å²) in [5.41, 5.74) is 6.50. The highest BCUT2D eigenvalue weighted by atomic mass is 35.5. The second-order valence-electron chi connectivity index (χ2n) is 5.06. The van der Waals surface area contributed by atoms with Gasteiger partial charge in [0, 0.05) is 25.6 Å². The maximum absolute atomic E-state index is 11.7. The van der Waals surface area contributed by atoms with Crippen molar-refractivity contribution in [3.05, 3.63) is 24.3 Å². The van der Waals surface area contributed by atoms with E-state index in [0.29, 0.717) is 13.0 Å². The Kier molecular flexibility index (Phi) is 9.98. The molecule has 1 aliphatic heterocycles.